The van der Waals surface area contributed by atoms with Gasteiger partial charge in [0.25, 0.3) is 0 Å². The van der Waals surface area contributed by atoms with Gasteiger partial charge in [-0.05, 0) is 61.4 Å². The number of anilines is 1. The van der Waals surface area contributed by atoms with Crippen molar-refractivity contribution < 1.29 is 17.7 Å². The zero-order chi connectivity index (χ0) is 25.2. The number of benzene rings is 2. The van der Waals surface area contributed by atoms with Crippen LogP contribution in [0, 0.1) is 17.2 Å². The Morgan fingerprint density at radius 3 is 2.26 bits per heavy atom. The van der Waals surface area contributed by atoms with Crippen molar-refractivity contribution in [2.24, 2.45) is 5.92 Å². The molecule has 1 aliphatic heterocycles. The number of aromatic nitrogens is 2. The van der Waals surface area contributed by atoms with Crippen molar-refractivity contribution >= 4 is 21.6 Å². The van der Waals surface area contributed by atoms with E-state index in [-0.39, 0.29) is 35.2 Å². The van der Waals surface area contributed by atoms with Crippen molar-refractivity contribution in [2.45, 2.75) is 43.9 Å². The molecule has 0 atom stereocenters. The maximum Gasteiger partial charge on any atom is 0.243 e. The monoisotopic (exact) mass is 493 g/mol. The minimum Gasteiger partial charge on any atom is -0.338 e. The summed E-state index contributed by atoms with van der Waals surface area (Å²) >= 11 is 0. The number of hydrogen-bond acceptors (Lipinski definition) is 7. The van der Waals surface area contributed by atoms with E-state index in [4.69, 9.17) is 9.78 Å². The van der Waals surface area contributed by atoms with Gasteiger partial charge in [0.05, 0.1) is 16.5 Å². The van der Waals surface area contributed by atoms with Gasteiger partial charge in [-0.2, -0.15) is 14.6 Å². The maximum atomic E-state index is 12.9. The highest BCUT2D eigenvalue weighted by Gasteiger charge is 2.32. The van der Waals surface area contributed by atoms with Gasteiger partial charge < -0.3 is 9.84 Å². The van der Waals surface area contributed by atoms with Gasteiger partial charge in [0.1, 0.15) is 0 Å². The minimum atomic E-state index is -3.66. The lowest BCUT2D eigenvalue weighted by Crippen LogP contribution is -2.41. The second-order valence-corrected chi connectivity index (χ2v) is 11.5. The van der Waals surface area contributed by atoms with Crippen molar-refractivity contribution in [2.75, 3.05) is 18.4 Å². The molecule has 0 spiro atoms. The van der Waals surface area contributed by atoms with Gasteiger partial charge >= 0.3 is 0 Å². The number of hydrogen-bond donors (Lipinski definition) is 1. The predicted molar refractivity (Wildman–Crippen MR) is 130 cm³/mol. The summed E-state index contributed by atoms with van der Waals surface area (Å²) in [5, 5.41) is 15.9. The first-order chi connectivity index (χ1) is 16.6. The largest absolute Gasteiger partial charge is 0.338 e. The normalized spacial score (nSPS) is 15.5. The Labute approximate surface area is 204 Å². The van der Waals surface area contributed by atoms with Gasteiger partial charge in [-0.25, -0.2) is 8.42 Å². The van der Waals surface area contributed by atoms with Gasteiger partial charge in [0.2, 0.25) is 27.6 Å². The molecule has 2 heterocycles. The highest BCUT2D eigenvalue weighted by Crippen LogP contribution is 2.27. The molecule has 35 heavy (non-hydrogen) atoms. The molecule has 3 aromatic rings. The highest BCUT2D eigenvalue weighted by atomic mass is 32.2. The first-order valence-electron chi connectivity index (χ1n) is 11.3. The Balaban J connectivity index is 1.34. The molecule has 0 bridgehead atoms. The molecule has 10 heteroatoms. The number of nitriles is 1. The molecule has 0 saturated carbocycles. The molecule has 1 aliphatic rings. The maximum absolute atomic E-state index is 12.9. The minimum absolute atomic E-state index is 0.136. The van der Waals surface area contributed by atoms with Gasteiger partial charge in [-0.15, -0.1) is 0 Å². The highest BCUT2D eigenvalue weighted by molar-refractivity contribution is 7.89. The van der Waals surface area contributed by atoms with E-state index in [1.807, 2.05) is 39.0 Å². The average molecular weight is 494 g/mol. The van der Waals surface area contributed by atoms with Gasteiger partial charge in [0, 0.05) is 35.7 Å². The van der Waals surface area contributed by atoms with Crippen LogP contribution < -0.4 is 5.32 Å². The van der Waals surface area contributed by atoms with Crippen LogP contribution in [0.1, 0.15) is 45.1 Å². The van der Waals surface area contributed by atoms with Crippen molar-refractivity contribution in [3.8, 4) is 17.5 Å². The van der Waals surface area contributed by atoms with Crippen LogP contribution in [0.25, 0.3) is 11.4 Å². The molecule has 9 nitrogen and oxygen atoms in total. The van der Waals surface area contributed by atoms with Crippen LogP contribution in [-0.4, -0.2) is 41.9 Å². The third-order valence-corrected chi connectivity index (χ3v) is 7.84. The van der Waals surface area contributed by atoms with Crippen LogP contribution in [0.2, 0.25) is 0 Å². The van der Waals surface area contributed by atoms with E-state index >= 15 is 0 Å². The predicted octanol–water partition coefficient (Wildman–Crippen LogP) is 3.95. The van der Waals surface area contributed by atoms with Crippen LogP contribution in [0.4, 0.5) is 5.69 Å². The second kappa shape index (κ2) is 9.60. The summed E-state index contributed by atoms with van der Waals surface area (Å²) in [7, 11) is -3.66. The molecule has 0 aliphatic carbocycles. The van der Waals surface area contributed by atoms with Crippen LogP contribution >= 0.6 is 0 Å². The number of sulfonamides is 1. The van der Waals surface area contributed by atoms with Crippen LogP contribution in [0.3, 0.4) is 0 Å². The molecule has 1 amide bonds. The first-order valence-corrected chi connectivity index (χ1v) is 12.8. The summed E-state index contributed by atoms with van der Waals surface area (Å²) in [5.74, 6) is 0.623. The number of carbonyl (C=O) groups is 1. The zero-order valence-electron chi connectivity index (χ0n) is 19.9. The molecular formula is C25H27N5O4S. The third kappa shape index (κ3) is 5.42. The van der Waals surface area contributed by atoms with Gasteiger partial charge in [0.15, 0.2) is 0 Å². The van der Waals surface area contributed by atoms with Crippen LogP contribution in [0.5, 0.6) is 0 Å². The lowest BCUT2D eigenvalue weighted by molar-refractivity contribution is -0.120. The lowest BCUT2D eigenvalue weighted by Gasteiger charge is -2.30. The fraction of sp³-hybridized carbons (Fsp3) is 0.360. The molecule has 1 saturated heterocycles. The Kier molecular flexibility index (Phi) is 6.74. The van der Waals surface area contributed by atoms with Crippen molar-refractivity contribution in [1.82, 2.24) is 14.4 Å². The second-order valence-electron chi connectivity index (χ2n) is 9.55. The number of rotatable bonds is 5. The van der Waals surface area contributed by atoms with E-state index in [9.17, 15) is 13.2 Å². The molecule has 1 fully saturated rings. The zero-order valence-corrected chi connectivity index (χ0v) is 20.7. The molecule has 0 unspecified atom stereocenters. The third-order valence-electron chi connectivity index (χ3n) is 5.92. The number of amides is 1. The van der Waals surface area contributed by atoms with Crippen molar-refractivity contribution in [3.63, 3.8) is 0 Å². The molecule has 1 N–H and O–H groups in total. The lowest BCUT2D eigenvalue weighted by atomic mass is 9.97. The molecule has 182 valence electrons. The standard InChI is InChI=1S/C25H27N5O4S/c1-25(2,3)24-28-22(29-34-24)18-6-8-20(9-7-18)27-23(31)19-12-14-30(15-13-19)35(32,33)21-10-4-17(16-26)5-11-21/h4-11,19H,12-15H2,1-3H3,(H,27,31). The van der Waals surface area contributed by atoms with E-state index in [0.717, 1.165) is 5.56 Å². The van der Waals surface area contributed by atoms with Gasteiger partial charge in [-0.3, -0.25) is 4.79 Å². The molecule has 0 radical (unpaired) electrons. The van der Waals surface area contributed by atoms with E-state index < -0.39 is 10.0 Å². The summed E-state index contributed by atoms with van der Waals surface area (Å²) < 4.78 is 32.5. The Bertz CT molecular complexity index is 1340. The molecule has 1 aromatic heterocycles. The smallest absolute Gasteiger partial charge is 0.243 e. The SMILES string of the molecule is CC(C)(C)c1nc(-c2ccc(NC(=O)C3CCN(S(=O)(=O)c4ccc(C#N)cc4)CC3)cc2)no1. The number of nitrogens with zero attached hydrogens (tertiary/aromatic N) is 4. The Hall–Kier alpha value is -3.55. The van der Waals surface area contributed by atoms with E-state index in [1.165, 1.54) is 28.6 Å². The summed E-state index contributed by atoms with van der Waals surface area (Å²) in [6, 6.07) is 15.0. The quantitative estimate of drug-likeness (QED) is 0.570. The van der Waals surface area contributed by atoms with Crippen LogP contribution in [-0.2, 0) is 20.2 Å². The molecule has 4 rings (SSSR count). The Morgan fingerprint density at radius 1 is 1.09 bits per heavy atom. The van der Waals surface area contributed by atoms with Crippen LogP contribution in [0.15, 0.2) is 57.9 Å². The summed E-state index contributed by atoms with van der Waals surface area (Å²) in [5.41, 5.74) is 1.59. The van der Waals surface area contributed by atoms with Crippen molar-refractivity contribution in [3.05, 3.63) is 60.0 Å². The Morgan fingerprint density at radius 2 is 1.71 bits per heavy atom. The van der Waals surface area contributed by atoms with E-state index in [1.54, 1.807) is 12.1 Å². The first kappa shape index (κ1) is 24.6. The number of piperidine rings is 1. The van der Waals surface area contributed by atoms with Crippen molar-refractivity contribution in [1.29, 1.82) is 5.26 Å². The molecular weight excluding hydrogens is 466 g/mol. The van der Waals surface area contributed by atoms with E-state index in [0.29, 0.717) is 35.8 Å². The van der Waals surface area contributed by atoms with E-state index in [2.05, 4.69) is 15.5 Å². The number of carbonyl (C=O) groups excluding carboxylic acids is 1. The molecule has 2 aromatic carbocycles. The number of nitrogens with one attached hydrogen (secondary N) is 1. The summed E-state index contributed by atoms with van der Waals surface area (Å²) in [4.78, 5) is 17.4. The summed E-state index contributed by atoms with van der Waals surface area (Å²) in [6.07, 6.45) is 0.857. The fourth-order valence-electron chi connectivity index (χ4n) is 3.80. The van der Waals surface area contributed by atoms with Gasteiger partial charge in [-0.1, -0.05) is 25.9 Å². The fourth-order valence-corrected chi connectivity index (χ4v) is 5.27. The average Bonchev–Trinajstić information content (AvgIpc) is 3.36. The topological polar surface area (TPSA) is 129 Å². The summed E-state index contributed by atoms with van der Waals surface area (Å²) in [6.45, 7) is 6.50.